The first-order valence-electron chi connectivity index (χ1n) is 9.83. The van der Waals surface area contributed by atoms with Gasteiger partial charge >= 0.3 is 5.97 Å². The van der Waals surface area contributed by atoms with E-state index in [-0.39, 0.29) is 30.2 Å². The molecule has 0 bridgehead atoms. The average Bonchev–Trinajstić information content (AvgIpc) is 2.77. The summed E-state index contributed by atoms with van der Waals surface area (Å²) in [5.41, 5.74) is 3.40. The fourth-order valence-electron chi connectivity index (χ4n) is 2.79. The molecule has 0 aliphatic carbocycles. The summed E-state index contributed by atoms with van der Waals surface area (Å²) in [5, 5.41) is 24.3. The Morgan fingerprint density at radius 3 is 2.45 bits per heavy atom. The van der Waals surface area contributed by atoms with Gasteiger partial charge in [0.1, 0.15) is 0 Å². The second kappa shape index (κ2) is 11.9. The highest BCUT2D eigenvalue weighted by Crippen LogP contribution is 2.19. The maximum atomic E-state index is 12.1. The third-order valence-corrected chi connectivity index (χ3v) is 4.29. The van der Waals surface area contributed by atoms with E-state index in [4.69, 9.17) is 15.6 Å². The molecule has 0 aliphatic rings. The molecule has 0 spiro atoms. The number of hydrogen-bond acceptors (Lipinski definition) is 7. The minimum Gasteiger partial charge on any atom is -0.466 e. The summed E-state index contributed by atoms with van der Waals surface area (Å²) in [7, 11) is 1.66. The van der Waals surface area contributed by atoms with E-state index in [2.05, 4.69) is 16.0 Å². The lowest BCUT2D eigenvalue weighted by molar-refractivity contribution is -0.141. The number of hydrogen-bond donors (Lipinski definition) is 5. The summed E-state index contributed by atoms with van der Waals surface area (Å²) in [5.74, 6) is -0.792. The molecule has 0 saturated carbocycles. The predicted octanol–water partition coefficient (Wildman–Crippen LogP) is 3.31. The predicted molar refractivity (Wildman–Crippen MR) is 123 cm³/mol. The summed E-state index contributed by atoms with van der Waals surface area (Å²) >= 11 is 0. The summed E-state index contributed by atoms with van der Waals surface area (Å²) in [6, 6.07) is 14.7. The molecule has 0 saturated heterocycles. The van der Waals surface area contributed by atoms with Crippen molar-refractivity contribution in [2.45, 2.75) is 19.9 Å². The van der Waals surface area contributed by atoms with Crippen LogP contribution in [0.1, 0.15) is 24.5 Å². The van der Waals surface area contributed by atoms with E-state index in [1.165, 1.54) is 6.20 Å². The molecule has 2 aromatic rings. The molecule has 0 aromatic heterocycles. The van der Waals surface area contributed by atoms with Crippen molar-refractivity contribution in [1.82, 2.24) is 5.32 Å². The number of para-hydroxylation sites is 1. The number of anilines is 2. The first-order valence-corrected chi connectivity index (χ1v) is 9.83. The highest BCUT2D eigenvalue weighted by Gasteiger charge is 2.12. The zero-order chi connectivity index (χ0) is 22.6. The molecule has 8 heteroatoms. The Hall–Kier alpha value is -3.94. The number of rotatable bonds is 11. The van der Waals surface area contributed by atoms with Crippen molar-refractivity contribution in [3.8, 4) is 0 Å². The van der Waals surface area contributed by atoms with Gasteiger partial charge in [-0.25, -0.2) is 0 Å². The van der Waals surface area contributed by atoms with E-state index in [0.717, 1.165) is 17.5 Å². The van der Waals surface area contributed by atoms with Gasteiger partial charge in [-0.2, -0.15) is 0 Å². The van der Waals surface area contributed by atoms with Crippen LogP contribution in [0.2, 0.25) is 0 Å². The molecule has 0 heterocycles. The summed E-state index contributed by atoms with van der Waals surface area (Å²) < 4.78 is 4.93. The van der Waals surface area contributed by atoms with Crippen LogP contribution in [0, 0.1) is 10.8 Å². The molecule has 0 radical (unpaired) electrons. The lowest BCUT2D eigenvalue weighted by atomic mass is 10.0. The third kappa shape index (κ3) is 7.11. The third-order valence-electron chi connectivity index (χ3n) is 4.29. The van der Waals surface area contributed by atoms with Crippen molar-refractivity contribution in [1.29, 1.82) is 10.8 Å². The number of benzene rings is 2. The van der Waals surface area contributed by atoms with Crippen LogP contribution in [-0.2, 0) is 20.9 Å². The molecule has 31 heavy (non-hydrogen) atoms. The van der Waals surface area contributed by atoms with Crippen molar-refractivity contribution < 1.29 is 14.3 Å². The van der Waals surface area contributed by atoms with Gasteiger partial charge in [-0.15, -0.1) is 0 Å². The SMILES string of the molecule is CCOC(=O)CC(=N)c1ccccc1NCc1ccc(NC(=O)/C(C=N)=C/NC)cc1. The average molecular weight is 422 g/mol. The Bertz CT molecular complexity index is 967. The van der Waals surface area contributed by atoms with Gasteiger partial charge in [-0.3, -0.25) is 9.59 Å². The van der Waals surface area contributed by atoms with E-state index in [1.54, 1.807) is 32.2 Å². The van der Waals surface area contributed by atoms with Gasteiger partial charge < -0.3 is 31.5 Å². The number of nitrogens with one attached hydrogen (secondary N) is 5. The quantitative estimate of drug-likeness (QED) is 0.216. The van der Waals surface area contributed by atoms with E-state index >= 15 is 0 Å². The van der Waals surface area contributed by atoms with Gasteiger partial charge in [-0.1, -0.05) is 30.3 Å². The molecular formula is C23H27N5O3. The van der Waals surface area contributed by atoms with E-state index in [0.29, 0.717) is 17.8 Å². The van der Waals surface area contributed by atoms with Crippen LogP contribution in [0.25, 0.3) is 0 Å². The minimum atomic E-state index is -0.421. The second-order valence-corrected chi connectivity index (χ2v) is 6.54. The number of esters is 1. The highest BCUT2D eigenvalue weighted by atomic mass is 16.5. The molecule has 0 unspecified atom stereocenters. The maximum absolute atomic E-state index is 12.1. The summed E-state index contributed by atoms with van der Waals surface area (Å²) in [6.45, 7) is 2.53. The molecule has 2 aromatic carbocycles. The Morgan fingerprint density at radius 1 is 1.10 bits per heavy atom. The van der Waals surface area contributed by atoms with Crippen LogP contribution in [0.5, 0.6) is 0 Å². The molecule has 1 amide bonds. The fourth-order valence-corrected chi connectivity index (χ4v) is 2.79. The molecular weight excluding hydrogens is 394 g/mol. The summed E-state index contributed by atoms with van der Waals surface area (Å²) in [6.07, 6.45) is 2.36. The fraction of sp³-hybridized carbons (Fsp3) is 0.217. The molecule has 0 fully saturated rings. The number of carbonyl (C=O) groups is 2. The Kier molecular flexibility index (Phi) is 8.97. The monoisotopic (exact) mass is 421 g/mol. The van der Waals surface area contributed by atoms with Crippen LogP contribution in [-0.4, -0.2) is 37.5 Å². The smallest absolute Gasteiger partial charge is 0.311 e. The van der Waals surface area contributed by atoms with Crippen LogP contribution >= 0.6 is 0 Å². The zero-order valence-electron chi connectivity index (χ0n) is 17.6. The first-order chi connectivity index (χ1) is 15.0. The maximum Gasteiger partial charge on any atom is 0.311 e. The van der Waals surface area contributed by atoms with Crippen LogP contribution in [0.4, 0.5) is 11.4 Å². The van der Waals surface area contributed by atoms with Gasteiger partial charge in [0.25, 0.3) is 5.91 Å². The van der Waals surface area contributed by atoms with Crippen molar-refractivity contribution in [3.05, 3.63) is 71.4 Å². The lowest BCUT2D eigenvalue weighted by Crippen LogP contribution is -2.17. The Morgan fingerprint density at radius 2 is 1.81 bits per heavy atom. The van der Waals surface area contributed by atoms with Gasteiger partial charge in [0, 0.05) is 42.9 Å². The van der Waals surface area contributed by atoms with Crippen molar-refractivity contribution in [2.75, 3.05) is 24.3 Å². The second-order valence-electron chi connectivity index (χ2n) is 6.54. The molecule has 0 aliphatic heterocycles. The van der Waals surface area contributed by atoms with Crippen molar-refractivity contribution >= 4 is 35.2 Å². The van der Waals surface area contributed by atoms with Gasteiger partial charge in [0.15, 0.2) is 0 Å². The van der Waals surface area contributed by atoms with Crippen molar-refractivity contribution in [2.24, 2.45) is 0 Å². The van der Waals surface area contributed by atoms with E-state index in [9.17, 15) is 9.59 Å². The van der Waals surface area contributed by atoms with Crippen LogP contribution in [0.3, 0.4) is 0 Å². The molecule has 0 atom stereocenters. The minimum absolute atomic E-state index is 0.0827. The molecule has 8 nitrogen and oxygen atoms in total. The molecule has 162 valence electrons. The van der Waals surface area contributed by atoms with Crippen LogP contribution in [0.15, 0.2) is 60.3 Å². The number of carbonyl (C=O) groups excluding carboxylic acids is 2. The molecule has 2 rings (SSSR count). The normalized spacial score (nSPS) is 10.7. The highest BCUT2D eigenvalue weighted by molar-refractivity contribution is 6.17. The van der Waals surface area contributed by atoms with Gasteiger partial charge in [0.05, 0.1) is 24.3 Å². The van der Waals surface area contributed by atoms with Crippen molar-refractivity contribution in [3.63, 3.8) is 0 Å². The Labute approximate surface area is 181 Å². The van der Waals surface area contributed by atoms with Gasteiger partial charge in [-0.05, 0) is 30.7 Å². The number of ether oxygens (including phenoxy) is 1. The van der Waals surface area contributed by atoms with Gasteiger partial charge in [0.2, 0.25) is 0 Å². The Balaban J connectivity index is 2.00. The number of amides is 1. The van der Waals surface area contributed by atoms with E-state index in [1.807, 2.05) is 30.3 Å². The van der Waals surface area contributed by atoms with E-state index < -0.39 is 5.97 Å². The largest absolute Gasteiger partial charge is 0.466 e. The van der Waals surface area contributed by atoms with Crippen LogP contribution < -0.4 is 16.0 Å². The standard InChI is InChI=1S/C23H27N5O3/c1-3-31-22(29)12-20(25)19-6-4-5-7-21(19)27-14-16-8-10-18(11-9-16)28-23(30)17(13-24)15-26-2/h4-11,13,15,24-27H,3,12,14H2,1-2H3,(H,28,30)/b17-15+,24-13?,25-20?. The zero-order valence-corrected chi connectivity index (χ0v) is 17.6. The molecule has 5 N–H and O–H groups in total. The lowest BCUT2D eigenvalue weighted by Gasteiger charge is -2.13. The first kappa shape index (κ1) is 23.3. The topological polar surface area (TPSA) is 127 Å². The summed E-state index contributed by atoms with van der Waals surface area (Å²) in [4.78, 5) is 23.8.